The number of fused-ring (bicyclic) bond motifs is 1. The van der Waals surface area contributed by atoms with Crippen molar-refractivity contribution in [2.45, 2.75) is 33.4 Å². The number of nitrogens with one attached hydrogen (secondary N) is 2. The highest BCUT2D eigenvalue weighted by atomic mass is 16.5. The molecule has 15 heteroatoms. The number of carbonyl (C=O) groups excluding carboxylic acids is 3. The fourth-order valence-electron chi connectivity index (χ4n) is 4.44. The topological polar surface area (TPSA) is 220 Å². The van der Waals surface area contributed by atoms with Crippen LogP contribution in [0.3, 0.4) is 0 Å². The maximum Gasteiger partial charge on any atom is 0.276 e. The van der Waals surface area contributed by atoms with Crippen LogP contribution in [0.5, 0.6) is 5.75 Å². The highest BCUT2D eigenvalue weighted by molar-refractivity contribution is 6.03. The van der Waals surface area contributed by atoms with E-state index in [1.807, 2.05) is 26.0 Å². The predicted molar refractivity (Wildman–Crippen MR) is 166 cm³/mol. The summed E-state index contributed by atoms with van der Waals surface area (Å²) >= 11 is 0. The quantitative estimate of drug-likeness (QED) is 0.0755. The molecule has 0 saturated carbocycles. The number of ether oxygens (including phenoxy) is 2. The van der Waals surface area contributed by atoms with E-state index in [-0.39, 0.29) is 23.6 Å². The standard InChI is InChI=1S/C29H36N10O5/c1-4-39-22(12-17(2)37-39)28(42)36-29-35-21-14-19(26(32)41)16-34-27(21)38(29)9-6-5-8-33-24-20(30)13-18(25(31)40)15-23(24)44-11-7-10-43-3/h5-6,12-16,33H,4,7-11,30H2,1-3H3,(H2,31,40)(H2,32,41)(H,35,36,42)/b6-5+. The first kappa shape index (κ1) is 31.5. The first-order valence-corrected chi connectivity index (χ1v) is 13.9. The van der Waals surface area contributed by atoms with Gasteiger partial charge in [-0.1, -0.05) is 12.2 Å². The van der Waals surface area contributed by atoms with E-state index in [4.69, 9.17) is 26.7 Å². The average molecular weight is 605 g/mol. The molecule has 232 valence electrons. The summed E-state index contributed by atoms with van der Waals surface area (Å²) in [5.74, 6) is -1.02. The van der Waals surface area contributed by atoms with Crippen LogP contribution in [0.25, 0.3) is 11.2 Å². The number of benzene rings is 1. The van der Waals surface area contributed by atoms with Crippen molar-refractivity contribution in [2.24, 2.45) is 11.5 Å². The van der Waals surface area contributed by atoms with E-state index < -0.39 is 17.7 Å². The van der Waals surface area contributed by atoms with Crippen molar-refractivity contribution in [2.75, 3.05) is 43.2 Å². The lowest BCUT2D eigenvalue weighted by Gasteiger charge is -2.16. The normalized spacial score (nSPS) is 11.2. The minimum atomic E-state index is -0.641. The van der Waals surface area contributed by atoms with Crippen LogP contribution in [0.1, 0.15) is 50.2 Å². The number of aromatic nitrogens is 5. The van der Waals surface area contributed by atoms with Crippen LogP contribution in [0.4, 0.5) is 17.3 Å². The lowest BCUT2D eigenvalue weighted by atomic mass is 10.1. The Morgan fingerprint density at radius 3 is 2.52 bits per heavy atom. The van der Waals surface area contributed by atoms with Crippen molar-refractivity contribution >= 4 is 46.2 Å². The van der Waals surface area contributed by atoms with Gasteiger partial charge in [0.2, 0.25) is 17.8 Å². The number of imidazole rings is 1. The smallest absolute Gasteiger partial charge is 0.276 e. The molecular formula is C29H36N10O5. The molecule has 0 bridgehead atoms. The van der Waals surface area contributed by atoms with Crippen LogP contribution in [0.2, 0.25) is 0 Å². The van der Waals surface area contributed by atoms with Crippen molar-refractivity contribution < 1.29 is 23.9 Å². The third kappa shape index (κ3) is 7.30. The number of hydrogen-bond acceptors (Lipinski definition) is 10. The van der Waals surface area contributed by atoms with E-state index >= 15 is 0 Å². The van der Waals surface area contributed by atoms with Crippen LogP contribution in [0.15, 0.2) is 42.6 Å². The number of methoxy groups -OCH3 is 1. The fourth-order valence-corrected chi connectivity index (χ4v) is 4.44. The highest BCUT2D eigenvalue weighted by Gasteiger charge is 2.19. The van der Waals surface area contributed by atoms with E-state index in [2.05, 4.69) is 25.7 Å². The summed E-state index contributed by atoms with van der Waals surface area (Å²) in [5.41, 5.74) is 20.3. The summed E-state index contributed by atoms with van der Waals surface area (Å²) in [6, 6.07) is 6.25. The van der Waals surface area contributed by atoms with Gasteiger partial charge in [-0.2, -0.15) is 5.10 Å². The molecule has 0 aliphatic rings. The van der Waals surface area contributed by atoms with Crippen molar-refractivity contribution in [3.05, 3.63) is 65.1 Å². The monoisotopic (exact) mass is 604 g/mol. The van der Waals surface area contributed by atoms with Crippen molar-refractivity contribution in [3.63, 3.8) is 0 Å². The third-order valence-corrected chi connectivity index (χ3v) is 6.55. The van der Waals surface area contributed by atoms with Gasteiger partial charge in [-0.05, 0) is 38.1 Å². The van der Waals surface area contributed by atoms with Crippen molar-refractivity contribution in [1.82, 2.24) is 24.3 Å². The van der Waals surface area contributed by atoms with E-state index in [1.54, 1.807) is 28.5 Å². The molecule has 0 fully saturated rings. The largest absolute Gasteiger partial charge is 0.491 e. The zero-order valence-electron chi connectivity index (χ0n) is 24.8. The number of pyridine rings is 1. The Balaban J connectivity index is 1.54. The van der Waals surface area contributed by atoms with Gasteiger partial charge in [-0.3, -0.25) is 28.9 Å². The van der Waals surface area contributed by atoms with Gasteiger partial charge in [0.25, 0.3) is 5.91 Å². The molecule has 0 spiro atoms. The molecule has 3 aromatic heterocycles. The molecule has 0 saturated heterocycles. The fraction of sp³-hybridized carbons (Fsp3) is 0.310. The first-order chi connectivity index (χ1) is 21.1. The number of nitrogens with zero attached hydrogens (tertiary/aromatic N) is 5. The van der Waals surface area contributed by atoms with Gasteiger partial charge in [0, 0.05) is 51.5 Å². The lowest BCUT2D eigenvalue weighted by Crippen LogP contribution is -2.20. The first-order valence-electron chi connectivity index (χ1n) is 13.9. The molecule has 15 nitrogen and oxygen atoms in total. The Kier molecular flexibility index (Phi) is 10.1. The summed E-state index contributed by atoms with van der Waals surface area (Å²) in [7, 11) is 1.60. The van der Waals surface area contributed by atoms with E-state index in [1.165, 1.54) is 18.3 Å². The summed E-state index contributed by atoms with van der Waals surface area (Å²) < 4.78 is 14.2. The summed E-state index contributed by atoms with van der Waals surface area (Å²) in [6.07, 6.45) is 5.70. The number of amides is 3. The molecule has 1 aromatic carbocycles. The molecule has 3 amide bonds. The Bertz CT molecular complexity index is 1710. The van der Waals surface area contributed by atoms with E-state index in [0.717, 1.165) is 0 Å². The number of carbonyl (C=O) groups is 3. The molecule has 3 heterocycles. The minimum Gasteiger partial charge on any atom is -0.491 e. The van der Waals surface area contributed by atoms with Gasteiger partial charge in [-0.15, -0.1) is 0 Å². The Morgan fingerprint density at radius 2 is 1.82 bits per heavy atom. The molecule has 4 rings (SSSR count). The molecule has 0 unspecified atom stereocenters. The molecular weight excluding hydrogens is 568 g/mol. The van der Waals surface area contributed by atoms with Crippen molar-refractivity contribution in [3.8, 4) is 5.75 Å². The van der Waals surface area contributed by atoms with Gasteiger partial charge in [0.15, 0.2) is 5.65 Å². The molecule has 4 aromatic rings. The van der Waals surface area contributed by atoms with Gasteiger partial charge in [0.1, 0.15) is 22.6 Å². The zero-order chi connectivity index (χ0) is 31.8. The number of aryl methyl sites for hydroxylation is 2. The number of anilines is 3. The zero-order valence-corrected chi connectivity index (χ0v) is 24.8. The number of hydrogen-bond donors (Lipinski definition) is 5. The number of nitrogens with two attached hydrogens (primary N) is 3. The summed E-state index contributed by atoms with van der Waals surface area (Å²) in [5, 5.41) is 10.4. The SMILES string of the molecule is CCn1nc(C)cc1C(=O)Nc1nc2cc(C(N)=O)cnc2n1C/C=C/CNc1c(N)cc(C(N)=O)cc1OCCCOC. The van der Waals surface area contributed by atoms with Crippen LogP contribution in [0, 0.1) is 6.92 Å². The van der Waals surface area contributed by atoms with Gasteiger partial charge < -0.3 is 32.0 Å². The van der Waals surface area contributed by atoms with E-state index in [0.29, 0.717) is 72.4 Å². The van der Waals surface area contributed by atoms with Gasteiger partial charge in [0.05, 0.1) is 23.6 Å². The second kappa shape index (κ2) is 14.2. The van der Waals surface area contributed by atoms with Gasteiger partial charge in [-0.25, -0.2) is 9.97 Å². The Labute approximate surface area is 253 Å². The minimum absolute atomic E-state index is 0.194. The Morgan fingerprint density at radius 1 is 1.05 bits per heavy atom. The Hall–Kier alpha value is -5.44. The lowest BCUT2D eigenvalue weighted by molar-refractivity contribution is 0.0991. The number of nitrogen functional groups attached to an aromatic ring is 1. The van der Waals surface area contributed by atoms with E-state index in [9.17, 15) is 14.4 Å². The second-order valence-electron chi connectivity index (χ2n) is 9.77. The molecule has 0 radical (unpaired) electrons. The van der Waals surface area contributed by atoms with Crippen LogP contribution < -0.4 is 32.6 Å². The molecule has 0 atom stereocenters. The van der Waals surface area contributed by atoms with Crippen molar-refractivity contribution in [1.29, 1.82) is 0 Å². The molecule has 44 heavy (non-hydrogen) atoms. The third-order valence-electron chi connectivity index (χ3n) is 6.55. The number of allylic oxidation sites excluding steroid dienone is 1. The average Bonchev–Trinajstić information content (AvgIpc) is 3.54. The van der Waals surface area contributed by atoms with Crippen LogP contribution in [-0.4, -0.2) is 68.9 Å². The molecule has 8 N–H and O–H groups in total. The van der Waals surface area contributed by atoms with Crippen LogP contribution in [-0.2, 0) is 17.8 Å². The number of primary amides is 2. The molecule has 0 aliphatic carbocycles. The summed E-state index contributed by atoms with van der Waals surface area (Å²) in [6.45, 7) is 5.71. The second-order valence-corrected chi connectivity index (χ2v) is 9.77. The van der Waals surface area contributed by atoms with Crippen LogP contribution >= 0.6 is 0 Å². The highest BCUT2D eigenvalue weighted by Crippen LogP contribution is 2.32. The maximum atomic E-state index is 13.2. The number of rotatable bonds is 15. The molecule has 0 aliphatic heterocycles. The van der Waals surface area contributed by atoms with Gasteiger partial charge >= 0.3 is 0 Å². The predicted octanol–water partition coefficient (Wildman–Crippen LogP) is 2.07. The maximum absolute atomic E-state index is 13.2. The summed E-state index contributed by atoms with van der Waals surface area (Å²) in [4.78, 5) is 45.5.